The van der Waals surface area contributed by atoms with Gasteiger partial charge in [-0.05, 0) is 94.1 Å². The van der Waals surface area contributed by atoms with Gasteiger partial charge in [0.1, 0.15) is 0 Å². The van der Waals surface area contributed by atoms with Crippen molar-refractivity contribution in [2.45, 2.75) is 31.6 Å². The Morgan fingerprint density at radius 1 is 0.510 bits per heavy atom. The molecule has 0 spiro atoms. The number of allylic oxidation sites excluding steroid dienone is 4. The lowest BCUT2D eigenvalue weighted by molar-refractivity contribution is 0.612. The van der Waals surface area contributed by atoms with E-state index in [-0.39, 0.29) is 5.41 Å². The molecule has 7 aromatic carbocycles. The Hall–Kier alpha value is -6.12. The normalized spacial score (nSPS) is 16.5. The smallest absolute Gasteiger partial charge is 0.0541 e. The second-order valence-corrected chi connectivity index (χ2v) is 14.9. The molecule has 0 aliphatic heterocycles. The monoisotopic (exact) mass is 652 g/mol. The SMILES string of the molecule is CC1(C)C2=CC(n3c4ccccc4c4cc(-c5ccc6c(c5)c5ccccc5n6-c5ccc6ccccc6c5)ccc43)=CCC2c2ccccc21. The summed E-state index contributed by atoms with van der Waals surface area (Å²) in [6.45, 7) is 4.80. The Bertz CT molecular complexity index is 2980. The molecule has 0 bridgehead atoms. The van der Waals surface area contributed by atoms with Crippen LogP contribution in [-0.4, -0.2) is 9.13 Å². The number of rotatable bonds is 3. The molecular weight excluding hydrogens is 617 g/mol. The zero-order chi connectivity index (χ0) is 33.8. The Labute approximate surface area is 297 Å². The second-order valence-electron chi connectivity index (χ2n) is 14.9. The van der Waals surface area contributed by atoms with E-state index in [2.05, 4.69) is 187 Å². The van der Waals surface area contributed by atoms with Crippen molar-refractivity contribution in [1.29, 1.82) is 0 Å². The molecule has 0 N–H and O–H groups in total. The van der Waals surface area contributed by atoms with Gasteiger partial charge in [0.2, 0.25) is 0 Å². The molecule has 0 saturated carbocycles. The Kier molecular flexibility index (Phi) is 5.88. The Morgan fingerprint density at radius 2 is 1.10 bits per heavy atom. The summed E-state index contributed by atoms with van der Waals surface area (Å²) < 4.78 is 4.91. The zero-order valence-corrected chi connectivity index (χ0v) is 28.8. The van der Waals surface area contributed by atoms with Gasteiger partial charge in [0.15, 0.2) is 0 Å². The number of benzene rings is 7. The van der Waals surface area contributed by atoms with Gasteiger partial charge < -0.3 is 9.13 Å². The average molecular weight is 653 g/mol. The molecule has 2 aliphatic rings. The van der Waals surface area contributed by atoms with Gasteiger partial charge >= 0.3 is 0 Å². The molecule has 0 radical (unpaired) electrons. The van der Waals surface area contributed by atoms with E-state index >= 15 is 0 Å². The number of hydrogen-bond acceptors (Lipinski definition) is 0. The molecule has 2 heteroatoms. The van der Waals surface area contributed by atoms with E-state index in [0.29, 0.717) is 5.92 Å². The van der Waals surface area contributed by atoms with Crippen molar-refractivity contribution in [3.8, 4) is 16.8 Å². The van der Waals surface area contributed by atoms with Crippen molar-refractivity contribution in [2.75, 3.05) is 0 Å². The van der Waals surface area contributed by atoms with Crippen LogP contribution in [0.15, 0.2) is 169 Å². The summed E-state index contributed by atoms with van der Waals surface area (Å²) in [5.74, 6) is 0.460. The highest BCUT2D eigenvalue weighted by Crippen LogP contribution is 2.54. The molecule has 1 unspecified atom stereocenters. The molecule has 51 heavy (non-hydrogen) atoms. The third-order valence-electron chi connectivity index (χ3n) is 11.9. The molecule has 2 heterocycles. The quantitative estimate of drug-likeness (QED) is 0.180. The van der Waals surface area contributed by atoms with Gasteiger partial charge in [0.05, 0.1) is 22.1 Å². The van der Waals surface area contributed by atoms with Crippen LogP contribution in [-0.2, 0) is 5.41 Å². The molecule has 2 nitrogen and oxygen atoms in total. The van der Waals surface area contributed by atoms with Crippen molar-refractivity contribution in [2.24, 2.45) is 0 Å². The van der Waals surface area contributed by atoms with Gasteiger partial charge in [0.25, 0.3) is 0 Å². The van der Waals surface area contributed by atoms with Crippen molar-refractivity contribution >= 4 is 60.1 Å². The number of para-hydroxylation sites is 2. The van der Waals surface area contributed by atoms with Crippen LogP contribution in [0.4, 0.5) is 0 Å². The van der Waals surface area contributed by atoms with Gasteiger partial charge in [-0.2, -0.15) is 0 Å². The summed E-state index contributed by atoms with van der Waals surface area (Å²) in [4.78, 5) is 0. The summed E-state index contributed by atoms with van der Waals surface area (Å²) in [6, 6.07) is 56.2. The fraction of sp³-hybridized carbons (Fsp3) is 0.102. The van der Waals surface area contributed by atoms with Crippen molar-refractivity contribution in [3.05, 3.63) is 181 Å². The summed E-state index contributed by atoms with van der Waals surface area (Å²) in [5, 5.41) is 7.63. The highest BCUT2D eigenvalue weighted by Gasteiger charge is 2.42. The molecule has 0 saturated heterocycles. The van der Waals surface area contributed by atoms with Crippen molar-refractivity contribution < 1.29 is 0 Å². The van der Waals surface area contributed by atoms with Gasteiger partial charge in [-0.25, -0.2) is 0 Å². The number of nitrogens with zero attached hydrogens (tertiary/aromatic N) is 2. The third-order valence-corrected chi connectivity index (χ3v) is 11.9. The maximum Gasteiger partial charge on any atom is 0.0541 e. The fourth-order valence-corrected chi connectivity index (χ4v) is 9.45. The number of hydrogen-bond donors (Lipinski definition) is 0. The van der Waals surface area contributed by atoms with E-state index in [4.69, 9.17) is 0 Å². The summed E-state index contributed by atoms with van der Waals surface area (Å²) in [5.41, 5.74) is 14.4. The van der Waals surface area contributed by atoms with Gasteiger partial charge in [-0.3, -0.25) is 0 Å². The third kappa shape index (κ3) is 4.05. The van der Waals surface area contributed by atoms with Crippen LogP contribution in [0, 0.1) is 0 Å². The highest BCUT2D eigenvalue weighted by atomic mass is 15.0. The second kappa shape index (κ2) is 10.4. The minimum absolute atomic E-state index is 0.0166. The topological polar surface area (TPSA) is 9.86 Å². The van der Waals surface area contributed by atoms with Crippen molar-refractivity contribution in [3.63, 3.8) is 0 Å². The van der Waals surface area contributed by atoms with E-state index in [1.54, 1.807) is 0 Å². The lowest BCUT2D eigenvalue weighted by Crippen LogP contribution is -2.18. The van der Waals surface area contributed by atoms with E-state index in [0.717, 1.165) is 6.42 Å². The lowest BCUT2D eigenvalue weighted by Gasteiger charge is -2.27. The van der Waals surface area contributed by atoms with E-state index in [1.165, 1.54) is 93.6 Å². The number of aromatic nitrogens is 2. The van der Waals surface area contributed by atoms with Crippen LogP contribution < -0.4 is 0 Å². The summed E-state index contributed by atoms with van der Waals surface area (Å²) in [7, 11) is 0. The largest absolute Gasteiger partial charge is 0.310 e. The first-order valence-electron chi connectivity index (χ1n) is 18.1. The molecule has 2 aliphatic carbocycles. The highest BCUT2D eigenvalue weighted by molar-refractivity contribution is 6.13. The van der Waals surface area contributed by atoms with Crippen molar-refractivity contribution in [1.82, 2.24) is 9.13 Å². The predicted octanol–water partition coefficient (Wildman–Crippen LogP) is 13.0. The van der Waals surface area contributed by atoms with Crippen LogP contribution in [0.3, 0.4) is 0 Å². The van der Waals surface area contributed by atoms with Gasteiger partial charge in [-0.1, -0.05) is 129 Å². The average Bonchev–Trinajstić information content (AvgIpc) is 3.77. The lowest BCUT2D eigenvalue weighted by atomic mass is 9.78. The standard InChI is InChI=1S/C49H36N2/c1-49(2)43-16-8-5-13-37(43)38-24-23-36(30-44(38)49)51-46-18-10-7-15-40(46)42-29-34(21-26-48(42)51)33-20-25-47-41(28-33)39-14-6-9-17-45(39)50(47)35-22-19-31-11-3-4-12-32(31)27-35/h3-23,25-30,38H,24H2,1-2H3. The first-order chi connectivity index (χ1) is 25.0. The maximum absolute atomic E-state index is 2.50. The molecule has 242 valence electrons. The molecule has 2 aromatic heterocycles. The first kappa shape index (κ1) is 28.7. The summed E-state index contributed by atoms with van der Waals surface area (Å²) in [6.07, 6.45) is 5.99. The van der Waals surface area contributed by atoms with Crippen LogP contribution in [0.1, 0.15) is 37.3 Å². The molecule has 0 fully saturated rings. The Balaban J connectivity index is 1.06. The van der Waals surface area contributed by atoms with Gasteiger partial charge in [-0.15, -0.1) is 0 Å². The van der Waals surface area contributed by atoms with E-state index < -0.39 is 0 Å². The fourth-order valence-electron chi connectivity index (χ4n) is 9.45. The number of fused-ring (bicyclic) bond motifs is 10. The van der Waals surface area contributed by atoms with Crippen LogP contribution in [0.25, 0.3) is 76.9 Å². The Morgan fingerprint density at radius 3 is 1.84 bits per heavy atom. The summed E-state index contributed by atoms with van der Waals surface area (Å²) >= 11 is 0. The van der Waals surface area contributed by atoms with E-state index in [1.807, 2.05) is 0 Å². The zero-order valence-electron chi connectivity index (χ0n) is 28.8. The molecular formula is C49H36N2. The maximum atomic E-state index is 2.50. The molecule has 0 amide bonds. The molecule has 11 rings (SSSR count). The minimum Gasteiger partial charge on any atom is -0.310 e. The molecule has 1 atom stereocenters. The minimum atomic E-state index is 0.0166. The molecule has 9 aromatic rings. The van der Waals surface area contributed by atoms with E-state index in [9.17, 15) is 0 Å². The van der Waals surface area contributed by atoms with Gasteiger partial charge in [0, 0.05) is 44.3 Å². The van der Waals surface area contributed by atoms with Crippen LogP contribution >= 0.6 is 0 Å². The van der Waals surface area contributed by atoms with Crippen LogP contribution in [0.2, 0.25) is 0 Å². The predicted molar refractivity (Wildman–Crippen MR) is 216 cm³/mol. The van der Waals surface area contributed by atoms with Crippen LogP contribution in [0.5, 0.6) is 0 Å². The first-order valence-corrected chi connectivity index (χ1v) is 18.1.